The molecule has 0 fully saturated rings. The van der Waals surface area contributed by atoms with Crippen LogP contribution in [0.15, 0.2) is 10.7 Å². The molecule has 0 aliphatic heterocycles. The van der Waals surface area contributed by atoms with E-state index in [-0.39, 0.29) is 17.0 Å². The van der Waals surface area contributed by atoms with Crippen LogP contribution in [0.5, 0.6) is 5.75 Å². The zero-order valence-electron chi connectivity index (χ0n) is 13.0. The van der Waals surface area contributed by atoms with Gasteiger partial charge in [0.2, 0.25) is 10.4 Å². The van der Waals surface area contributed by atoms with Gasteiger partial charge in [-0.2, -0.15) is 0 Å². The lowest BCUT2D eigenvalue weighted by molar-refractivity contribution is -0.390. The van der Waals surface area contributed by atoms with E-state index in [1.807, 2.05) is 11.9 Å². The molecule has 0 aliphatic rings. The number of pyridine rings is 1. The Bertz CT molecular complexity index is 515. The molecule has 0 aromatic carbocycles. The number of hydrogen-bond donors (Lipinski definition) is 0. The number of anilines is 1. The van der Waals surface area contributed by atoms with Gasteiger partial charge in [-0.05, 0) is 28.2 Å². The second-order valence-electron chi connectivity index (χ2n) is 5.86. The molecular weight excluding hydrogens is 338 g/mol. The van der Waals surface area contributed by atoms with Crippen LogP contribution in [0.25, 0.3) is 0 Å². The number of rotatable bonds is 6. The summed E-state index contributed by atoms with van der Waals surface area (Å²) < 4.78 is 5.49. The van der Waals surface area contributed by atoms with Crippen molar-refractivity contribution >= 4 is 27.4 Å². The molecule has 21 heavy (non-hydrogen) atoms. The molecule has 0 spiro atoms. The van der Waals surface area contributed by atoms with Crippen LogP contribution >= 0.6 is 15.9 Å². The molecule has 0 N–H and O–H groups in total. The van der Waals surface area contributed by atoms with Crippen molar-refractivity contribution in [1.29, 1.82) is 0 Å². The number of nitrogens with zero attached hydrogens (tertiary/aromatic N) is 3. The predicted octanol–water partition coefficient (Wildman–Crippen LogP) is 3.84. The molecule has 0 saturated carbocycles. The monoisotopic (exact) mass is 358 g/mol. The molecule has 1 aromatic rings. The van der Waals surface area contributed by atoms with E-state index < -0.39 is 4.92 Å². The molecule has 0 aliphatic carbocycles. The third-order valence-corrected chi connectivity index (χ3v) is 3.51. The van der Waals surface area contributed by atoms with Crippen molar-refractivity contribution in [2.45, 2.75) is 27.2 Å². The summed E-state index contributed by atoms with van der Waals surface area (Å²) in [5.74, 6) is -0.132. The van der Waals surface area contributed by atoms with E-state index >= 15 is 0 Å². The summed E-state index contributed by atoms with van der Waals surface area (Å²) in [6.07, 6.45) is 3.15. The maximum atomic E-state index is 10.9. The number of methoxy groups -OCH3 is 1. The van der Waals surface area contributed by atoms with Crippen LogP contribution in [-0.2, 0) is 0 Å². The Morgan fingerprint density at radius 2 is 2.14 bits per heavy atom. The summed E-state index contributed by atoms with van der Waals surface area (Å²) in [5.41, 5.74) is 0.934. The van der Waals surface area contributed by atoms with E-state index in [1.54, 1.807) is 6.07 Å². The zero-order valence-corrected chi connectivity index (χ0v) is 14.6. The molecule has 1 aromatic heterocycles. The quantitative estimate of drug-likeness (QED) is 0.439. The van der Waals surface area contributed by atoms with Crippen molar-refractivity contribution in [1.82, 2.24) is 4.98 Å². The Labute approximate surface area is 133 Å². The first-order valence-corrected chi connectivity index (χ1v) is 7.39. The first kappa shape index (κ1) is 17.7. The number of nitro groups is 1. The SMILES string of the molecule is COc1cc(N(C)CC[CH]C(C)(C)C)c(Br)nc1[N+](=O)[O-]. The van der Waals surface area contributed by atoms with E-state index in [0.717, 1.165) is 18.7 Å². The van der Waals surface area contributed by atoms with E-state index in [9.17, 15) is 10.1 Å². The zero-order chi connectivity index (χ0) is 16.2. The van der Waals surface area contributed by atoms with E-state index in [4.69, 9.17) is 4.74 Å². The molecule has 0 atom stereocenters. The highest BCUT2D eigenvalue weighted by atomic mass is 79.9. The van der Waals surface area contributed by atoms with Crippen LogP contribution in [-0.4, -0.2) is 30.6 Å². The van der Waals surface area contributed by atoms with Crippen molar-refractivity contribution < 1.29 is 9.66 Å². The van der Waals surface area contributed by atoms with Crippen LogP contribution in [0.4, 0.5) is 11.5 Å². The average molecular weight is 359 g/mol. The van der Waals surface area contributed by atoms with Gasteiger partial charge < -0.3 is 19.8 Å². The van der Waals surface area contributed by atoms with Crippen molar-refractivity contribution in [3.05, 3.63) is 27.2 Å². The maximum absolute atomic E-state index is 10.9. The van der Waals surface area contributed by atoms with Gasteiger partial charge in [-0.25, -0.2) is 0 Å². The number of hydrogen-bond acceptors (Lipinski definition) is 5. The minimum absolute atomic E-state index is 0.157. The molecule has 117 valence electrons. The Hall–Kier alpha value is -1.37. The van der Waals surface area contributed by atoms with Crippen LogP contribution in [0, 0.1) is 22.0 Å². The first-order chi connectivity index (χ1) is 9.65. The molecule has 0 unspecified atom stereocenters. The lowest BCUT2D eigenvalue weighted by atomic mass is 9.90. The van der Waals surface area contributed by atoms with Gasteiger partial charge in [-0.1, -0.05) is 20.8 Å². The fourth-order valence-electron chi connectivity index (χ4n) is 1.81. The number of ether oxygens (including phenoxy) is 1. The summed E-state index contributed by atoms with van der Waals surface area (Å²) in [5, 5.41) is 10.9. The van der Waals surface area contributed by atoms with Crippen LogP contribution in [0.1, 0.15) is 27.2 Å². The molecule has 1 radical (unpaired) electrons. The first-order valence-electron chi connectivity index (χ1n) is 6.60. The van der Waals surface area contributed by atoms with E-state index in [1.165, 1.54) is 7.11 Å². The molecule has 1 rings (SSSR count). The minimum Gasteiger partial charge on any atom is -0.489 e. The molecule has 7 heteroatoms. The Morgan fingerprint density at radius 1 is 1.52 bits per heavy atom. The van der Waals surface area contributed by atoms with Gasteiger partial charge in [0.05, 0.1) is 7.11 Å². The highest BCUT2D eigenvalue weighted by molar-refractivity contribution is 9.10. The van der Waals surface area contributed by atoms with Gasteiger partial charge in [0.15, 0.2) is 0 Å². The topological polar surface area (TPSA) is 68.5 Å². The molecule has 0 amide bonds. The molecule has 0 bridgehead atoms. The van der Waals surface area contributed by atoms with Gasteiger partial charge in [-0.3, -0.25) is 0 Å². The smallest absolute Gasteiger partial charge is 0.407 e. The fraction of sp³-hybridized carbons (Fsp3) is 0.571. The summed E-state index contributed by atoms with van der Waals surface area (Å²) in [7, 11) is 3.32. The normalized spacial score (nSPS) is 11.3. The van der Waals surface area contributed by atoms with Crippen molar-refractivity contribution in [2.24, 2.45) is 5.41 Å². The highest BCUT2D eigenvalue weighted by Crippen LogP contribution is 2.34. The van der Waals surface area contributed by atoms with Crippen molar-refractivity contribution in [2.75, 3.05) is 25.6 Å². The van der Waals surface area contributed by atoms with Crippen molar-refractivity contribution in [3.8, 4) is 5.75 Å². The van der Waals surface area contributed by atoms with Crippen molar-refractivity contribution in [3.63, 3.8) is 0 Å². The number of aromatic nitrogens is 1. The molecular formula is C14H21BrN3O3. The second kappa shape index (κ2) is 7.06. The van der Waals surface area contributed by atoms with Gasteiger partial charge >= 0.3 is 5.82 Å². The third kappa shape index (κ3) is 5.15. The highest BCUT2D eigenvalue weighted by Gasteiger charge is 2.23. The summed E-state index contributed by atoms with van der Waals surface area (Å²) >= 11 is 3.29. The van der Waals surface area contributed by atoms with Gasteiger partial charge in [0, 0.05) is 35.6 Å². The van der Waals surface area contributed by atoms with Gasteiger partial charge in [0.25, 0.3) is 0 Å². The Morgan fingerprint density at radius 3 is 2.62 bits per heavy atom. The van der Waals surface area contributed by atoms with Crippen LogP contribution in [0.2, 0.25) is 0 Å². The minimum atomic E-state index is -0.555. The Balaban J connectivity index is 2.89. The summed E-state index contributed by atoms with van der Waals surface area (Å²) in [4.78, 5) is 16.3. The van der Waals surface area contributed by atoms with E-state index in [0.29, 0.717) is 4.60 Å². The fourth-order valence-corrected chi connectivity index (χ4v) is 2.40. The second-order valence-corrected chi connectivity index (χ2v) is 6.61. The molecule has 1 heterocycles. The summed E-state index contributed by atoms with van der Waals surface area (Å²) in [6.45, 7) is 7.25. The predicted molar refractivity (Wildman–Crippen MR) is 86.8 cm³/mol. The third-order valence-electron chi connectivity index (χ3n) is 2.93. The number of halogens is 1. The Kier molecular flexibility index (Phi) is 5.95. The average Bonchev–Trinajstić information content (AvgIpc) is 2.36. The molecule has 6 nitrogen and oxygen atoms in total. The van der Waals surface area contributed by atoms with Gasteiger partial charge in [-0.15, -0.1) is 0 Å². The lowest BCUT2D eigenvalue weighted by Gasteiger charge is -2.22. The standard InChI is InChI=1S/C14H21BrN3O3/c1-14(2,3)7-6-8-17(4)10-9-11(21-5)13(18(19)20)16-12(10)15/h7,9H,6,8H2,1-5H3. The van der Waals surface area contributed by atoms with E-state index in [2.05, 4.69) is 48.1 Å². The van der Waals surface area contributed by atoms with Crippen LogP contribution in [0.3, 0.4) is 0 Å². The van der Waals surface area contributed by atoms with Gasteiger partial charge in [0.1, 0.15) is 5.69 Å². The maximum Gasteiger partial charge on any atom is 0.407 e. The summed E-state index contributed by atoms with van der Waals surface area (Å²) in [6, 6.07) is 1.63. The largest absolute Gasteiger partial charge is 0.489 e. The molecule has 0 saturated heterocycles. The van der Waals surface area contributed by atoms with Crippen LogP contribution < -0.4 is 9.64 Å². The lowest BCUT2D eigenvalue weighted by Crippen LogP contribution is -2.21.